The van der Waals surface area contributed by atoms with E-state index in [2.05, 4.69) is 21.0 Å². The van der Waals surface area contributed by atoms with Crippen molar-refractivity contribution in [3.8, 4) is 11.3 Å². The van der Waals surface area contributed by atoms with E-state index in [9.17, 15) is 4.39 Å². The third kappa shape index (κ3) is 2.01. The van der Waals surface area contributed by atoms with E-state index in [-0.39, 0.29) is 5.82 Å². The van der Waals surface area contributed by atoms with Crippen LogP contribution in [-0.4, -0.2) is 9.78 Å². The van der Waals surface area contributed by atoms with E-state index in [4.69, 9.17) is 5.73 Å². The molecule has 1 heterocycles. The van der Waals surface area contributed by atoms with Crippen LogP contribution in [-0.2, 0) is 13.6 Å². The number of hydrogen-bond donors (Lipinski definition) is 1. The lowest BCUT2D eigenvalue weighted by Crippen LogP contribution is -1.97. The summed E-state index contributed by atoms with van der Waals surface area (Å²) < 4.78 is 15.4. The molecule has 1 aromatic carbocycles. The molecule has 16 heavy (non-hydrogen) atoms. The monoisotopic (exact) mass is 283 g/mol. The second kappa shape index (κ2) is 4.35. The topological polar surface area (TPSA) is 43.8 Å². The molecule has 0 aliphatic heterocycles. The summed E-state index contributed by atoms with van der Waals surface area (Å²) in [6, 6.07) is 4.53. The molecule has 0 aliphatic carbocycles. The Balaban J connectivity index is 2.57. The van der Waals surface area contributed by atoms with Crippen LogP contribution < -0.4 is 5.73 Å². The Labute approximate surface area is 101 Å². The van der Waals surface area contributed by atoms with Crippen molar-refractivity contribution in [2.75, 3.05) is 0 Å². The van der Waals surface area contributed by atoms with Crippen molar-refractivity contribution in [1.29, 1.82) is 0 Å². The highest BCUT2D eigenvalue weighted by molar-refractivity contribution is 9.10. The number of halogens is 2. The Bertz CT molecular complexity index is 522. The van der Waals surface area contributed by atoms with Gasteiger partial charge in [0, 0.05) is 35.4 Å². The Morgan fingerprint density at radius 2 is 2.25 bits per heavy atom. The maximum atomic E-state index is 13.0. The van der Waals surface area contributed by atoms with E-state index in [1.54, 1.807) is 10.7 Å². The van der Waals surface area contributed by atoms with Crippen molar-refractivity contribution in [2.45, 2.75) is 6.54 Å². The minimum Gasteiger partial charge on any atom is -0.326 e. The minimum atomic E-state index is -0.277. The maximum absolute atomic E-state index is 13.0. The molecule has 0 fully saturated rings. The number of aromatic nitrogens is 2. The van der Waals surface area contributed by atoms with Gasteiger partial charge in [0.2, 0.25) is 0 Å². The van der Waals surface area contributed by atoms with Gasteiger partial charge >= 0.3 is 0 Å². The molecule has 0 bridgehead atoms. The molecular formula is C11H11BrFN3. The van der Waals surface area contributed by atoms with Crippen molar-refractivity contribution in [3.63, 3.8) is 0 Å². The summed E-state index contributed by atoms with van der Waals surface area (Å²) >= 11 is 3.33. The number of rotatable bonds is 2. The lowest BCUT2D eigenvalue weighted by molar-refractivity contribution is 0.627. The molecule has 0 unspecified atom stereocenters. The zero-order valence-electron chi connectivity index (χ0n) is 8.74. The fraction of sp³-hybridized carbons (Fsp3) is 0.182. The highest BCUT2D eigenvalue weighted by Crippen LogP contribution is 2.29. The smallest absolute Gasteiger partial charge is 0.124 e. The van der Waals surface area contributed by atoms with Crippen molar-refractivity contribution in [3.05, 3.63) is 40.2 Å². The number of nitrogens with two attached hydrogens (primary N) is 1. The fourth-order valence-corrected chi connectivity index (χ4v) is 2.13. The Morgan fingerprint density at radius 1 is 1.50 bits per heavy atom. The van der Waals surface area contributed by atoms with Crippen LogP contribution in [0.4, 0.5) is 4.39 Å². The summed E-state index contributed by atoms with van der Waals surface area (Å²) in [4.78, 5) is 0. The van der Waals surface area contributed by atoms with Crippen molar-refractivity contribution < 1.29 is 4.39 Å². The molecule has 0 amide bonds. The van der Waals surface area contributed by atoms with Crippen LogP contribution in [0.3, 0.4) is 0 Å². The van der Waals surface area contributed by atoms with Gasteiger partial charge in [0.1, 0.15) is 5.82 Å². The molecule has 2 N–H and O–H groups in total. The zero-order valence-corrected chi connectivity index (χ0v) is 10.3. The summed E-state index contributed by atoms with van der Waals surface area (Å²) in [6.07, 6.45) is 1.87. The van der Waals surface area contributed by atoms with Crippen LogP contribution in [0.2, 0.25) is 0 Å². The van der Waals surface area contributed by atoms with Gasteiger partial charge in [-0.2, -0.15) is 5.10 Å². The van der Waals surface area contributed by atoms with Gasteiger partial charge in [0.15, 0.2) is 0 Å². The molecule has 1 aromatic heterocycles. The highest BCUT2D eigenvalue weighted by Gasteiger charge is 2.12. The van der Waals surface area contributed by atoms with Gasteiger partial charge in [-0.25, -0.2) is 4.39 Å². The number of aryl methyl sites for hydroxylation is 1. The van der Waals surface area contributed by atoms with E-state index in [0.717, 1.165) is 16.8 Å². The SMILES string of the molecule is Cn1cc(CN)c(-c2ccc(F)cc2Br)n1. The van der Waals surface area contributed by atoms with Crippen molar-refractivity contribution in [1.82, 2.24) is 9.78 Å². The molecule has 0 saturated heterocycles. The first-order chi connectivity index (χ1) is 7.61. The lowest BCUT2D eigenvalue weighted by Gasteiger charge is -2.03. The average Bonchev–Trinajstić information content (AvgIpc) is 2.59. The number of benzene rings is 1. The first-order valence-corrected chi connectivity index (χ1v) is 5.59. The van der Waals surface area contributed by atoms with Crippen molar-refractivity contribution >= 4 is 15.9 Å². The molecule has 0 aliphatic rings. The molecule has 5 heteroatoms. The molecule has 2 rings (SSSR count). The maximum Gasteiger partial charge on any atom is 0.124 e. The van der Waals surface area contributed by atoms with E-state index < -0.39 is 0 Å². The molecular weight excluding hydrogens is 273 g/mol. The second-order valence-electron chi connectivity index (χ2n) is 3.50. The molecule has 0 saturated carbocycles. The van der Waals surface area contributed by atoms with Crippen LogP contribution in [0, 0.1) is 5.82 Å². The van der Waals surface area contributed by atoms with Gasteiger partial charge < -0.3 is 5.73 Å². The van der Waals surface area contributed by atoms with E-state index in [0.29, 0.717) is 11.0 Å². The fourth-order valence-electron chi connectivity index (χ4n) is 1.60. The summed E-state index contributed by atoms with van der Waals surface area (Å²) in [7, 11) is 1.83. The van der Waals surface area contributed by atoms with Crippen LogP contribution >= 0.6 is 15.9 Å². The quantitative estimate of drug-likeness (QED) is 0.920. The Kier molecular flexibility index (Phi) is 3.07. The summed E-state index contributed by atoms with van der Waals surface area (Å²) in [6.45, 7) is 0.410. The van der Waals surface area contributed by atoms with Crippen LogP contribution in [0.25, 0.3) is 11.3 Å². The first-order valence-electron chi connectivity index (χ1n) is 4.80. The van der Waals surface area contributed by atoms with Crippen molar-refractivity contribution in [2.24, 2.45) is 12.8 Å². The molecule has 84 valence electrons. The molecule has 2 aromatic rings. The van der Waals surface area contributed by atoms with E-state index in [1.165, 1.54) is 12.1 Å². The highest BCUT2D eigenvalue weighted by atomic mass is 79.9. The average molecular weight is 284 g/mol. The number of hydrogen-bond acceptors (Lipinski definition) is 2. The lowest BCUT2D eigenvalue weighted by atomic mass is 10.1. The van der Waals surface area contributed by atoms with Gasteiger partial charge in [-0.15, -0.1) is 0 Å². The van der Waals surface area contributed by atoms with Gasteiger partial charge in [-0.1, -0.05) is 0 Å². The Hall–Kier alpha value is -1.20. The van der Waals surface area contributed by atoms with Gasteiger partial charge in [0.05, 0.1) is 5.69 Å². The summed E-state index contributed by atoms with van der Waals surface area (Å²) in [5.41, 5.74) is 8.22. The van der Waals surface area contributed by atoms with Crippen LogP contribution in [0.5, 0.6) is 0 Å². The van der Waals surface area contributed by atoms with E-state index >= 15 is 0 Å². The molecule has 0 radical (unpaired) electrons. The third-order valence-electron chi connectivity index (χ3n) is 2.31. The molecule has 0 spiro atoms. The zero-order chi connectivity index (χ0) is 11.7. The Morgan fingerprint density at radius 3 is 2.88 bits per heavy atom. The molecule has 3 nitrogen and oxygen atoms in total. The summed E-state index contributed by atoms with van der Waals surface area (Å²) in [5, 5.41) is 4.33. The summed E-state index contributed by atoms with van der Waals surface area (Å²) in [5.74, 6) is -0.277. The normalized spacial score (nSPS) is 10.8. The molecule has 0 atom stereocenters. The third-order valence-corrected chi connectivity index (χ3v) is 2.97. The van der Waals surface area contributed by atoms with Crippen LogP contribution in [0.15, 0.2) is 28.9 Å². The van der Waals surface area contributed by atoms with Gasteiger partial charge in [-0.05, 0) is 34.1 Å². The predicted molar refractivity (Wildman–Crippen MR) is 64.2 cm³/mol. The van der Waals surface area contributed by atoms with Gasteiger partial charge in [0.25, 0.3) is 0 Å². The number of nitrogens with zero attached hydrogens (tertiary/aromatic N) is 2. The largest absolute Gasteiger partial charge is 0.326 e. The minimum absolute atomic E-state index is 0.277. The van der Waals surface area contributed by atoms with Crippen LogP contribution in [0.1, 0.15) is 5.56 Å². The van der Waals surface area contributed by atoms with E-state index in [1.807, 2.05) is 13.2 Å². The standard InChI is InChI=1S/C11H11BrFN3/c1-16-6-7(5-14)11(15-16)9-3-2-8(13)4-10(9)12/h2-4,6H,5,14H2,1H3. The second-order valence-corrected chi connectivity index (χ2v) is 4.36. The first kappa shape index (κ1) is 11.3. The van der Waals surface area contributed by atoms with Gasteiger partial charge in [-0.3, -0.25) is 4.68 Å². The predicted octanol–water partition coefficient (Wildman–Crippen LogP) is 2.45.